The maximum absolute atomic E-state index is 12.5. The third kappa shape index (κ3) is 5.01. The molecule has 2 heterocycles. The first-order valence-corrected chi connectivity index (χ1v) is 9.89. The highest BCUT2D eigenvalue weighted by atomic mass is 16.5. The first-order chi connectivity index (χ1) is 12.9. The monoisotopic (exact) mass is 373 g/mol. The number of urea groups is 1. The zero-order valence-electron chi connectivity index (χ0n) is 16.4. The molecular weight excluding hydrogens is 342 g/mol. The summed E-state index contributed by atoms with van der Waals surface area (Å²) in [6, 6.07) is 10.4. The second-order valence-electron chi connectivity index (χ2n) is 8.29. The van der Waals surface area contributed by atoms with Crippen LogP contribution in [0, 0.1) is 0 Å². The van der Waals surface area contributed by atoms with Gasteiger partial charge in [-0.1, -0.05) is 30.3 Å². The summed E-state index contributed by atoms with van der Waals surface area (Å²) in [5.74, 6) is -0.0883. The van der Waals surface area contributed by atoms with Gasteiger partial charge in [0, 0.05) is 31.7 Å². The smallest absolute Gasteiger partial charge is 0.317 e. The lowest BCUT2D eigenvalue weighted by atomic mass is 9.67. The molecule has 1 aromatic rings. The van der Waals surface area contributed by atoms with E-state index in [0.717, 1.165) is 32.3 Å². The van der Waals surface area contributed by atoms with Gasteiger partial charge in [-0.25, -0.2) is 4.79 Å². The molecule has 0 unspecified atom stereocenters. The highest BCUT2D eigenvalue weighted by Gasteiger charge is 2.41. The third-order valence-electron chi connectivity index (χ3n) is 5.65. The molecule has 0 aliphatic carbocycles. The summed E-state index contributed by atoms with van der Waals surface area (Å²) in [6.07, 6.45) is 3.52. The van der Waals surface area contributed by atoms with E-state index < -0.39 is 0 Å². The van der Waals surface area contributed by atoms with Crippen molar-refractivity contribution >= 4 is 11.9 Å². The van der Waals surface area contributed by atoms with E-state index in [2.05, 4.69) is 48.7 Å². The number of hydrogen-bond acceptors (Lipinski definition) is 3. The van der Waals surface area contributed by atoms with Gasteiger partial charge in [-0.3, -0.25) is 4.79 Å². The molecule has 0 saturated carbocycles. The van der Waals surface area contributed by atoms with Gasteiger partial charge in [-0.15, -0.1) is 0 Å². The number of carbonyl (C=O) groups excluding carboxylic acids is 2. The van der Waals surface area contributed by atoms with Crippen LogP contribution in [0.4, 0.5) is 4.79 Å². The molecule has 1 aromatic carbocycles. The van der Waals surface area contributed by atoms with Crippen molar-refractivity contribution in [2.75, 3.05) is 32.8 Å². The van der Waals surface area contributed by atoms with Gasteiger partial charge in [0.05, 0.1) is 5.60 Å². The molecule has 2 N–H and O–H groups in total. The highest BCUT2D eigenvalue weighted by Crippen LogP contribution is 2.43. The van der Waals surface area contributed by atoms with Crippen LogP contribution < -0.4 is 10.6 Å². The normalized spacial score (nSPS) is 25.4. The SMILES string of the molecule is CC1(C)C[C@](CCNC(=O)N2CCCNC(=O)C2)(c2ccccc2)CCO1. The van der Waals surface area contributed by atoms with Crippen LogP contribution in [0.5, 0.6) is 0 Å². The standard InChI is InChI=1S/C21H31N3O3/c1-20(2)16-21(10-14-27-20,17-7-4-3-5-8-17)9-12-23-19(26)24-13-6-11-22-18(25)15-24/h3-5,7-8H,6,9-16H2,1-2H3,(H,22,25)(H,23,26)/t21-/m1/s1. The van der Waals surface area contributed by atoms with Crippen molar-refractivity contribution in [2.24, 2.45) is 0 Å². The van der Waals surface area contributed by atoms with Crippen molar-refractivity contribution in [3.05, 3.63) is 35.9 Å². The summed E-state index contributed by atoms with van der Waals surface area (Å²) in [5, 5.41) is 5.84. The van der Waals surface area contributed by atoms with E-state index in [1.807, 2.05) is 6.07 Å². The van der Waals surface area contributed by atoms with Crippen molar-refractivity contribution in [3.8, 4) is 0 Å². The lowest BCUT2D eigenvalue weighted by Crippen LogP contribution is -2.47. The number of ether oxygens (including phenoxy) is 1. The van der Waals surface area contributed by atoms with Gasteiger partial charge >= 0.3 is 6.03 Å². The van der Waals surface area contributed by atoms with Gasteiger partial charge in [0.25, 0.3) is 0 Å². The number of benzene rings is 1. The fraction of sp³-hybridized carbons (Fsp3) is 0.619. The van der Waals surface area contributed by atoms with E-state index in [1.165, 1.54) is 5.56 Å². The summed E-state index contributed by atoms with van der Waals surface area (Å²) in [5.41, 5.74) is 1.12. The van der Waals surface area contributed by atoms with Crippen molar-refractivity contribution < 1.29 is 14.3 Å². The van der Waals surface area contributed by atoms with Crippen LogP contribution in [0.15, 0.2) is 30.3 Å². The summed E-state index contributed by atoms with van der Waals surface area (Å²) in [7, 11) is 0. The van der Waals surface area contributed by atoms with Crippen LogP contribution >= 0.6 is 0 Å². The molecule has 6 nitrogen and oxygen atoms in total. The number of nitrogens with zero attached hydrogens (tertiary/aromatic N) is 1. The molecule has 3 amide bonds. The second kappa shape index (κ2) is 8.30. The predicted octanol–water partition coefficient (Wildman–Crippen LogP) is 2.43. The summed E-state index contributed by atoms with van der Waals surface area (Å²) in [4.78, 5) is 25.8. The number of hydrogen-bond donors (Lipinski definition) is 2. The van der Waals surface area contributed by atoms with Gasteiger partial charge in [0.1, 0.15) is 6.54 Å². The number of carbonyl (C=O) groups is 2. The van der Waals surface area contributed by atoms with E-state index in [4.69, 9.17) is 4.74 Å². The minimum absolute atomic E-state index is 0.00749. The molecule has 2 aliphatic heterocycles. The molecule has 2 fully saturated rings. The van der Waals surface area contributed by atoms with Gasteiger partial charge in [0.2, 0.25) is 5.91 Å². The topological polar surface area (TPSA) is 70.7 Å². The largest absolute Gasteiger partial charge is 0.376 e. The van der Waals surface area contributed by atoms with Crippen LogP contribution in [0.1, 0.15) is 45.1 Å². The minimum Gasteiger partial charge on any atom is -0.376 e. The molecule has 0 spiro atoms. The summed E-state index contributed by atoms with van der Waals surface area (Å²) >= 11 is 0. The average molecular weight is 373 g/mol. The fourth-order valence-electron chi connectivity index (χ4n) is 4.37. The van der Waals surface area contributed by atoms with E-state index in [1.54, 1.807) is 4.90 Å². The molecule has 2 aliphatic rings. The van der Waals surface area contributed by atoms with Crippen molar-refractivity contribution in [2.45, 2.75) is 50.5 Å². The van der Waals surface area contributed by atoms with E-state index in [0.29, 0.717) is 19.6 Å². The Balaban J connectivity index is 1.65. The van der Waals surface area contributed by atoms with E-state index >= 15 is 0 Å². The van der Waals surface area contributed by atoms with Crippen molar-refractivity contribution in [1.82, 2.24) is 15.5 Å². The molecular formula is C21H31N3O3. The van der Waals surface area contributed by atoms with Crippen LogP contribution in [0.25, 0.3) is 0 Å². The van der Waals surface area contributed by atoms with Crippen molar-refractivity contribution in [1.29, 1.82) is 0 Å². The molecule has 27 heavy (non-hydrogen) atoms. The zero-order chi connectivity index (χ0) is 19.3. The van der Waals surface area contributed by atoms with Gasteiger partial charge in [0.15, 0.2) is 0 Å². The molecule has 3 rings (SSSR count). The maximum Gasteiger partial charge on any atom is 0.317 e. The Kier molecular flexibility index (Phi) is 6.05. The Labute approximate surface area is 161 Å². The lowest BCUT2D eigenvalue weighted by molar-refractivity contribution is -0.121. The fourth-order valence-corrected chi connectivity index (χ4v) is 4.37. The van der Waals surface area contributed by atoms with Crippen molar-refractivity contribution in [3.63, 3.8) is 0 Å². The van der Waals surface area contributed by atoms with E-state index in [9.17, 15) is 9.59 Å². The second-order valence-corrected chi connectivity index (χ2v) is 8.29. The van der Waals surface area contributed by atoms with Crippen LogP contribution in [-0.2, 0) is 14.9 Å². The molecule has 6 heteroatoms. The van der Waals surface area contributed by atoms with Crippen LogP contribution in [0.3, 0.4) is 0 Å². The molecule has 0 bridgehead atoms. The quantitative estimate of drug-likeness (QED) is 0.852. The third-order valence-corrected chi connectivity index (χ3v) is 5.65. The first-order valence-electron chi connectivity index (χ1n) is 9.89. The molecule has 2 saturated heterocycles. The zero-order valence-corrected chi connectivity index (χ0v) is 16.4. The summed E-state index contributed by atoms with van der Waals surface area (Å²) in [6.45, 7) is 6.96. The molecule has 148 valence electrons. The minimum atomic E-state index is -0.180. The maximum atomic E-state index is 12.5. The molecule has 1 atom stereocenters. The first kappa shape index (κ1) is 19.7. The Morgan fingerprint density at radius 3 is 2.81 bits per heavy atom. The number of amides is 3. The lowest BCUT2D eigenvalue weighted by Gasteiger charge is -2.45. The Bertz CT molecular complexity index is 662. The molecule has 0 aromatic heterocycles. The van der Waals surface area contributed by atoms with Gasteiger partial charge in [-0.2, -0.15) is 0 Å². The Morgan fingerprint density at radius 2 is 2.07 bits per heavy atom. The number of rotatable bonds is 4. The Morgan fingerprint density at radius 1 is 1.30 bits per heavy atom. The number of nitrogens with one attached hydrogen (secondary N) is 2. The van der Waals surface area contributed by atoms with Gasteiger partial charge < -0.3 is 20.3 Å². The van der Waals surface area contributed by atoms with Crippen LogP contribution in [-0.4, -0.2) is 55.2 Å². The Hall–Kier alpha value is -2.08. The van der Waals surface area contributed by atoms with Crippen LogP contribution in [0.2, 0.25) is 0 Å². The summed E-state index contributed by atoms with van der Waals surface area (Å²) < 4.78 is 5.95. The average Bonchev–Trinajstić information content (AvgIpc) is 2.86. The van der Waals surface area contributed by atoms with E-state index in [-0.39, 0.29) is 29.5 Å². The predicted molar refractivity (Wildman–Crippen MR) is 105 cm³/mol. The van der Waals surface area contributed by atoms with Gasteiger partial charge in [-0.05, 0) is 45.1 Å². The molecule has 0 radical (unpaired) electrons. The highest BCUT2D eigenvalue weighted by molar-refractivity contribution is 5.84.